The number of hydrogen-bond donors (Lipinski definition) is 1. The number of hydrogen-bond acceptors (Lipinski definition) is 6. The Balaban J connectivity index is 1.42. The number of aromatic nitrogens is 4. The Hall–Kier alpha value is -1.73. The lowest BCUT2D eigenvalue weighted by Crippen LogP contribution is -2.46. The van der Waals surface area contributed by atoms with Crippen molar-refractivity contribution in [3.8, 4) is 0 Å². The van der Waals surface area contributed by atoms with E-state index in [9.17, 15) is 0 Å². The Labute approximate surface area is 130 Å². The Morgan fingerprint density at radius 3 is 3.18 bits per heavy atom. The lowest BCUT2D eigenvalue weighted by atomic mass is 10.1. The molecule has 1 aliphatic heterocycles. The molecule has 3 rings (SSSR count). The summed E-state index contributed by atoms with van der Waals surface area (Å²) in [5.74, 6) is 1.52. The summed E-state index contributed by atoms with van der Waals surface area (Å²) in [7, 11) is 0. The molecule has 7 nitrogen and oxygen atoms in total. The van der Waals surface area contributed by atoms with Crippen molar-refractivity contribution < 1.29 is 4.52 Å². The molecule has 0 bridgehead atoms. The van der Waals surface area contributed by atoms with Gasteiger partial charge in [0.05, 0.1) is 13.1 Å². The van der Waals surface area contributed by atoms with Gasteiger partial charge in [0, 0.05) is 37.9 Å². The molecule has 7 heteroatoms. The van der Waals surface area contributed by atoms with E-state index in [2.05, 4.69) is 25.5 Å². The van der Waals surface area contributed by atoms with E-state index in [-0.39, 0.29) is 0 Å². The zero-order valence-electron chi connectivity index (χ0n) is 13.1. The minimum Gasteiger partial charge on any atom is -0.339 e. The van der Waals surface area contributed by atoms with Crippen LogP contribution >= 0.6 is 0 Å². The third kappa shape index (κ3) is 4.14. The molecule has 1 aliphatic rings. The zero-order valence-corrected chi connectivity index (χ0v) is 13.1. The molecule has 1 unspecified atom stereocenters. The van der Waals surface area contributed by atoms with Gasteiger partial charge in [-0.3, -0.25) is 9.58 Å². The Kier molecular flexibility index (Phi) is 5.18. The highest BCUT2D eigenvalue weighted by Crippen LogP contribution is 2.12. The van der Waals surface area contributed by atoms with Gasteiger partial charge in [-0.05, 0) is 25.5 Å². The molecule has 2 aromatic rings. The van der Waals surface area contributed by atoms with Crippen LogP contribution in [0.3, 0.4) is 0 Å². The molecule has 1 N–H and O–H groups in total. The van der Waals surface area contributed by atoms with Crippen molar-refractivity contribution in [2.45, 2.75) is 45.3 Å². The van der Waals surface area contributed by atoms with Crippen molar-refractivity contribution in [2.24, 2.45) is 0 Å². The molecule has 1 saturated heterocycles. The third-order valence-corrected chi connectivity index (χ3v) is 4.02. The van der Waals surface area contributed by atoms with Crippen LogP contribution in [0.25, 0.3) is 0 Å². The van der Waals surface area contributed by atoms with E-state index in [4.69, 9.17) is 4.52 Å². The summed E-state index contributed by atoms with van der Waals surface area (Å²) in [6.45, 7) is 6.80. The van der Waals surface area contributed by atoms with Gasteiger partial charge in [-0.15, -0.1) is 0 Å². The summed E-state index contributed by atoms with van der Waals surface area (Å²) in [6.07, 6.45) is 7.04. The van der Waals surface area contributed by atoms with Crippen molar-refractivity contribution in [1.29, 1.82) is 0 Å². The second-order valence-corrected chi connectivity index (χ2v) is 5.76. The van der Waals surface area contributed by atoms with E-state index in [0.29, 0.717) is 6.04 Å². The fraction of sp³-hybridized carbons (Fsp3) is 0.667. The summed E-state index contributed by atoms with van der Waals surface area (Å²) < 4.78 is 7.13. The molecule has 1 atom stereocenters. The number of likely N-dealkylation sites (tertiary alicyclic amines) is 1. The Morgan fingerprint density at radius 2 is 2.41 bits per heavy atom. The fourth-order valence-electron chi connectivity index (χ4n) is 2.88. The molecule has 1 fully saturated rings. The maximum atomic E-state index is 5.18. The normalized spacial score (nSPS) is 19.6. The van der Waals surface area contributed by atoms with Gasteiger partial charge in [0.1, 0.15) is 0 Å². The van der Waals surface area contributed by atoms with Crippen LogP contribution in [0, 0.1) is 0 Å². The van der Waals surface area contributed by atoms with Crippen LogP contribution < -0.4 is 5.32 Å². The highest BCUT2D eigenvalue weighted by Gasteiger charge is 2.20. The smallest absolute Gasteiger partial charge is 0.226 e. The van der Waals surface area contributed by atoms with Gasteiger partial charge < -0.3 is 9.84 Å². The summed E-state index contributed by atoms with van der Waals surface area (Å²) in [4.78, 5) is 6.79. The highest BCUT2D eigenvalue weighted by molar-refractivity contribution is 4.88. The van der Waals surface area contributed by atoms with Gasteiger partial charge in [0.25, 0.3) is 0 Å². The average molecular weight is 304 g/mol. The molecular formula is C15H24N6O. The van der Waals surface area contributed by atoms with Crippen LogP contribution in [0.2, 0.25) is 0 Å². The van der Waals surface area contributed by atoms with Gasteiger partial charge in [-0.2, -0.15) is 10.1 Å². The van der Waals surface area contributed by atoms with E-state index < -0.39 is 0 Å². The molecule has 0 saturated carbocycles. The Bertz CT molecular complexity index is 552. The number of nitrogens with zero attached hydrogens (tertiary/aromatic N) is 5. The number of nitrogens with one attached hydrogen (secondary N) is 1. The van der Waals surface area contributed by atoms with E-state index in [1.165, 1.54) is 12.8 Å². The summed E-state index contributed by atoms with van der Waals surface area (Å²) >= 11 is 0. The molecule has 22 heavy (non-hydrogen) atoms. The maximum absolute atomic E-state index is 5.18. The molecule has 2 aromatic heterocycles. The van der Waals surface area contributed by atoms with Crippen LogP contribution in [0.15, 0.2) is 23.0 Å². The molecule has 0 amide bonds. The lowest BCUT2D eigenvalue weighted by molar-refractivity contribution is 0.177. The van der Waals surface area contributed by atoms with Gasteiger partial charge in [0.15, 0.2) is 5.82 Å². The molecule has 120 valence electrons. The molecule has 3 heterocycles. The monoisotopic (exact) mass is 304 g/mol. The van der Waals surface area contributed by atoms with Gasteiger partial charge in [-0.25, -0.2) is 0 Å². The minimum atomic E-state index is 0.529. The van der Waals surface area contributed by atoms with Crippen LogP contribution in [-0.2, 0) is 19.5 Å². The average Bonchev–Trinajstić information content (AvgIpc) is 3.19. The minimum absolute atomic E-state index is 0.529. The van der Waals surface area contributed by atoms with E-state index in [0.717, 1.165) is 50.9 Å². The zero-order chi connectivity index (χ0) is 15.2. The van der Waals surface area contributed by atoms with Gasteiger partial charge in [-0.1, -0.05) is 12.1 Å². The maximum Gasteiger partial charge on any atom is 0.226 e. The fourth-order valence-corrected chi connectivity index (χ4v) is 2.88. The van der Waals surface area contributed by atoms with Crippen molar-refractivity contribution in [2.75, 3.05) is 19.6 Å². The lowest BCUT2D eigenvalue weighted by Gasteiger charge is -2.32. The van der Waals surface area contributed by atoms with Crippen LogP contribution in [0.5, 0.6) is 0 Å². The topological polar surface area (TPSA) is 72.0 Å². The molecular weight excluding hydrogens is 280 g/mol. The van der Waals surface area contributed by atoms with Crippen molar-refractivity contribution in [1.82, 2.24) is 30.1 Å². The van der Waals surface area contributed by atoms with E-state index in [1.54, 1.807) is 0 Å². The van der Waals surface area contributed by atoms with Crippen LogP contribution in [-0.4, -0.2) is 50.5 Å². The molecule has 0 aliphatic carbocycles. The second kappa shape index (κ2) is 7.51. The highest BCUT2D eigenvalue weighted by atomic mass is 16.5. The first-order chi connectivity index (χ1) is 10.8. The standard InChI is InChI=1S/C15H24N6O/c1-2-15-18-14(19-22-15)12-20-8-3-5-13(11-20)16-7-10-21-9-4-6-17-21/h4,6,9,13,16H,2-3,5,7-8,10-12H2,1H3. The van der Waals surface area contributed by atoms with E-state index in [1.807, 2.05) is 30.1 Å². The van der Waals surface area contributed by atoms with Crippen molar-refractivity contribution >= 4 is 0 Å². The van der Waals surface area contributed by atoms with Crippen LogP contribution in [0.1, 0.15) is 31.5 Å². The first kappa shape index (κ1) is 15.2. The van der Waals surface area contributed by atoms with Gasteiger partial charge in [0.2, 0.25) is 5.89 Å². The number of piperidine rings is 1. The predicted molar refractivity (Wildman–Crippen MR) is 82.2 cm³/mol. The third-order valence-electron chi connectivity index (χ3n) is 4.02. The number of aryl methyl sites for hydroxylation is 1. The summed E-state index contributed by atoms with van der Waals surface area (Å²) in [6, 6.07) is 2.49. The van der Waals surface area contributed by atoms with Gasteiger partial charge >= 0.3 is 0 Å². The number of rotatable bonds is 7. The van der Waals surface area contributed by atoms with Crippen LogP contribution in [0.4, 0.5) is 0 Å². The molecule has 0 spiro atoms. The quantitative estimate of drug-likeness (QED) is 0.825. The van der Waals surface area contributed by atoms with E-state index >= 15 is 0 Å². The van der Waals surface area contributed by atoms with Crippen molar-refractivity contribution in [3.05, 3.63) is 30.2 Å². The molecule has 0 aromatic carbocycles. The second-order valence-electron chi connectivity index (χ2n) is 5.76. The predicted octanol–water partition coefficient (Wildman–Crippen LogP) is 1.08. The first-order valence-electron chi connectivity index (χ1n) is 8.08. The molecule has 0 radical (unpaired) electrons. The van der Waals surface area contributed by atoms with Crippen molar-refractivity contribution in [3.63, 3.8) is 0 Å². The summed E-state index contributed by atoms with van der Waals surface area (Å²) in [5, 5.41) is 11.9. The Morgan fingerprint density at radius 1 is 1.45 bits per heavy atom. The first-order valence-corrected chi connectivity index (χ1v) is 8.08. The SMILES string of the molecule is CCc1nc(CN2CCCC(NCCn3cccn3)C2)no1. The largest absolute Gasteiger partial charge is 0.339 e. The summed E-state index contributed by atoms with van der Waals surface area (Å²) in [5.41, 5.74) is 0.